The third kappa shape index (κ3) is 2.95. The molecule has 0 saturated carbocycles. The van der Waals surface area contributed by atoms with Crippen LogP contribution in [0.2, 0.25) is 0 Å². The third-order valence-electron chi connectivity index (χ3n) is 2.84. The molecule has 0 bridgehead atoms. The first-order chi connectivity index (χ1) is 8.70. The Morgan fingerprint density at radius 2 is 2.17 bits per heavy atom. The second-order valence-corrected chi connectivity index (χ2v) is 4.42. The Labute approximate surface area is 107 Å². The molecule has 0 aliphatic carbocycles. The van der Waals surface area contributed by atoms with Gasteiger partial charge >= 0.3 is 0 Å². The fourth-order valence-electron chi connectivity index (χ4n) is 1.95. The molecule has 0 spiro atoms. The van der Waals surface area contributed by atoms with Gasteiger partial charge in [-0.2, -0.15) is 10.2 Å². The van der Waals surface area contributed by atoms with Gasteiger partial charge in [0.15, 0.2) is 0 Å². The zero-order chi connectivity index (χ0) is 13.0. The zero-order valence-corrected chi connectivity index (χ0v) is 11.2. The number of rotatable bonds is 6. The highest BCUT2D eigenvalue weighted by molar-refractivity contribution is 5.14. The van der Waals surface area contributed by atoms with Crippen LogP contribution in [0.5, 0.6) is 0 Å². The zero-order valence-electron chi connectivity index (χ0n) is 11.2. The van der Waals surface area contributed by atoms with Crippen molar-refractivity contribution in [2.24, 2.45) is 7.05 Å². The fourth-order valence-corrected chi connectivity index (χ4v) is 1.95. The molecule has 0 radical (unpaired) electrons. The number of aryl methyl sites for hydroxylation is 3. The van der Waals surface area contributed by atoms with Crippen LogP contribution in [0, 0.1) is 6.92 Å². The summed E-state index contributed by atoms with van der Waals surface area (Å²) in [6, 6.07) is 0. The number of aromatic nitrogens is 5. The summed E-state index contributed by atoms with van der Waals surface area (Å²) >= 11 is 0. The van der Waals surface area contributed by atoms with Crippen molar-refractivity contribution in [2.75, 3.05) is 0 Å². The van der Waals surface area contributed by atoms with E-state index in [9.17, 15) is 0 Å². The van der Waals surface area contributed by atoms with Crippen LogP contribution in [0.15, 0.2) is 12.5 Å². The molecule has 0 aliphatic heterocycles. The second-order valence-electron chi connectivity index (χ2n) is 4.42. The molecule has 18 heavy (non-hydrogen) atoms. The van der Waals surface area contributed by atoms with Gasteiger partial charge in [-0.25, -0.2) is 9.67 Å². The summed E-state index contributed by atoms with van der Waals surface area (Å²) in [5.41, 5.74) is 2.29. The predicted octanol–water partition coefficient (Wildman–Crippen LogP) is 1.02. The molecule has 2 aromatic heterocycles. The average molecular weight is 248 g/mol. The third-order valence-corrected chi connectivity index (χ3v) is 2.84. The van der Waals surface area contributed by atoms with Crippen LogP contribution in [0.3, 0.4) is 0 Å². The maximum Gasteiger partial charge on any atom is 0.140 e. The largest absolute Gasteiger partial charge is 0.306 e. The van der Waals surface area contributed by atoms with Crippen LogP contribution in [-0.2, 0) is 26.7 Å². The molecule has 6 heteroatoms. The van der Waals surface area contributed by atoms with Gasteiger partial charge in [0.25, 0.3) is 0 Å². The molecule has 0 aliphatic rings. The van der Waals surface area contributed by atoms with Crippen molar-refractivity contribution in [3.05, 3.63) is 29.6 Å². The van der Waals surface area contributed by atoms with Gasteiger partial charge < -0.3 is 5.32 Å². The van der Waals surface area contributed by atoms with Gasteiger partial charge in [0, 0.05) is 31.9 Å². The van der Waals surface area contributed by atoms with E-state index in [1.54, 1.807) is 6.33 Å². The van der Waals surface area contributed by atoms with Crippen LogP contribution in [0.25, 0.3) is 0 Å². The van der Waals surface area contributed by atoms with E-state index in [4.69, 9.17) is 0 Å². The average Bonchev–Trinajstić information content (AvgIpc) is 2.88. The summed E-state index contributed by atoms with van der Waals surface area (Å²) in [5.74, 6) is 0.985. The Morgan fingerprint density at radius 1 is 1.33 bits per heavy atom. The van der Waals surface area contributed by atoms with E-state index in [0.717, 1.165) is 37.6 Å². The Balaban J connectivity index is 1.88. The lowest BCUT2D eigenvalue weighted by Gasteiger charge is -2.05. The summed E-state index contributed by atoms with van der Waals surface area (Å²) in [6.45, 7) is 6.62. The summed E-state index contributed by atoms with van der Waals surface area (Å²) in [5, 5.41) is 11.9. The molecule has 0 amide bonds. The van der Waals surface area contributed by atoms with E-state index in [0.29, 0.717) is 0 Å². The van der Waals surface area contributed by atoms with Gasteiger partial charge in [0.1, 0.15) is 12.2 Å². The molecular formula is C12H20N6. The van der Waals surface area contributed by atoms with Crippen LogP contribution >= 0.6 is 0 Å². The molecule has 2 heterocycles. The molecule has 0 aromatic carbocycles. The monoisotopic (exact) mass is 248 g/mol. The quantitative estimate of drug-likeness (QED) is 0.829. The van der Waals surface area contributed by atoms with Gasteiger partial charge in [-0.15, -0.1) is 0 Å². The molecule has 1 N–H and O–H groups in total. The van der Waals surface area contributed by atoms with E-state index >= 15 is 0 Å². The Kier molecular flexibility index (Phi) is 4.09. The summed E-state index contributed by atoms with van der Waals surface area (Å²) in [7, 11) is 1.94. The maximum atomic E-state index is 4.32. The van der Waals surface area contributed by atoms with Crippen molar-refractivity contribution in [1.82, 2.24) is 29.9 Å². The van der Waals surface area contributed by atoms with E-state index in [1.165, 1.54) is 5.56 Å². The minimum absolute atomic E-state index is 0.730. The smallest absolute Gasteiger partial charge is 0.140 e. The van der Waals surface area contributed by atoms with Gasteiger partial charge in [-0.05, 0) is 13.3 Å². The first-order valence-corrected chi connectivity index (χ1v) is 6.27. The molecule has 6 nitrogen and oxygen atoms in total. The molecule has 2 aromatic rings. The minimum Gasteiger partial charge on any atom is -0.306 e. The van der Waals surface area contributed by atoms with Crippen molar-refractivity contribution < 1.29 is 0 Å². The summed E-state index contributed by atoms with van der Waals surface area (Å²) in [6.07, 6.45) is 4.72. The lowest BCUT2D eigenvalue weighted by atomic mass is 10.2. The van der Waals surface area contributed by atoms with Crippen LogP contribution in [0.4, 0.5) is 0 Å². The molecule has 2 rings (SSSR count). The van der Waals surface area contributed by atoms with Crippen molar-refractivity contribution in [2.45, 2.75) is 39.9 Å². The van der Waals surface area contributed by atoms with Crippen LogP contribution in [0.1, 0.15) is 30.4 Å². The van der Waals surface area contributed by atoms with Crippen molar-refractivity contribution in [3.63, 3.8) is 0 Å². The standard InChI is InChI=1S/C12H20N6/c1-4-5-18-12(14-9-15-18)7-13-6-11-8-17(3)16-10(11)2/h8-9,13H,4-7H2,1-3H3. The first-order valence-electron chi connectivity index (χ1n) is 6.27. The Morgan fingerprint density at radius 3 is 2.83 bits per heavy atom. The second kappa shape index (κ2) is 5.77. The van der Waals surface area contributed by atoms with E-state index in [-0.39, 0.29) is 0 Å². The summed E-state index contributed by atoms with van der Waals surface area (Å²) < 4.78 is 3.79. The van der Waals surface area contributed by atoms with Crippen molar-refractivity contribution in [1.29, 1.82) is 0 Å². The molecule has 0 fully saturated rings. The highest BCUT2D eigenvalue weighted by Crippen LogP contribution is 2.04. The normalized spacial score (nSPS) is 11.1. The van der Waals surface area contributed by atoms with Crippen LogP contribution in [-0.4, -0.2) is 24.5 Å². The molecule has 0 atom stereocenters. The Hall–Kier alpha value is -1.69. The molecular weight excluding hydrogens is 228 g/mol. The number of nitrogens with one attached hydrogen (secondary N) is 1. The summed E-state index contributed by atoms with van der Waals surface area (Å²) in [4.78, 5) is 4.26. The highest BCUT2D eigenvalue weighted by Gasteiger charge is 2.05. The molecule has 98 valence electrons. The van der Waals surface area contributed by atoms with Crippen molar-refractivity contribution >= 4 is 0 Å². The van der Waals surface area contributed by atoms with E-state index in [2.05, 4.69) is 27.4 Å². The topological polar surface area (TPSA) is 60.6 Å². The van der Waals surface area contributed by atoms with Crippen molar-refractivity contribution in [3.8, 4) is 0 Å². The fraction of sp³-hybridized carbons (Fsp3) is 0.583. The van der Waals surface area contributed by atoms with Gasteiger partial charge in [-0.3, -0.25) is 4.68 Å². The van der Waals surface area contributed by atoms with E-state index in [1.807, 2.05) is 29.5 Å². The lowest BCUT2D eigenvalue weighted by Crippen LogP contribution is -2.17. The van der Waals surface area contributed by atoms with Crippen LogP contribution < -0.4 is 5.32 Å². The molecule has 0 unspecified atom stereocenters. The van der Waals surface area contributed by atoms with E-state index < -0.39 is 0 Å². The number of hydrogen-bond donors (Lipinski definition) is 1. The Bertz CT molecular complexity index is 498. The highest BCUT2D eigenvalue weighted by atomic mass is 15.3. The van der Waals surface area contributed by atoms with Gasteiger partial charge in [0.05, 0.1) is 12.2 Å². The predicted molar refractivity (Wildman–Crippen MR) is 68.8 cm³/mol. The molecule has 0 saturated heterocycles. The minimum atomic E-state index is 0.730. The lowest BCUT2D eigenvalue weighted by molar-refractivity contribution is 0.542. The van der Waals surface area contributed by atoms with Gasteiger partial charge in [0.2, 0.25) is 0 Å². The number of hydrogen-bond acceptors (Lipinski definition) is 4. The van der Waals surface area contributed by atoms with Gasteiger partial charge in [-0.1, -0.05) is 6.92 Å². The number of nitrogens with zero attached hydrogens (tertiary/aromatic N) is 5. The SMILES string of the molecule is CCCn1ncnc1CNCc1cn(C)nc1C. The maximum absolute atomic E-state index is 4.32. The first kappa shape index (κ1) is 12.8.